The summed E-state index contributed by atoms with van der Waals surface area (Å²) in [6.07, 6.45) is 0.941. The summed E-state index contributed by atoms with van der Waals surface area (Å²) in [6, 6.07) is 3.79. The lowest BCUT2D eigenvalue weighted by Gasteiger charge is -2.06. The van der Waals surface area contributed by atoms with Crippen molar-refractivity contribution >= 4 is 12.0 Å². The summed E-state index contributed by atoms with van der Waals surface area (Å²) in [7, 11) is 0. The molecule has 0 heterocycles. The number of nitro groups is 1. The molecule has 86 valence electrons. The topological polar surface area (TPSA) is 89.7 Å². The van der Waals surface area contributed by atoms with Gasteiger partial charge in [-0.3, -0.25) is 14.9 Å². The Kier molecular flexibility index (Phi) is 4.41. The van der Waals surface area contributed by atoms with Crippen molar-refractivity contribution in [1.29, 1.82) is 0 Å². The molecule has 1 aromatic rings. The molecule has 0 spiro atoms. The van der Waals surface area contributed by atoms with Gasteiger partial charge in [0.2, 0.25) is 0 Å². The van der Waals surface area contributed by atoms with E-state index in [4.69, 9.17) is 9.84 Å². The van der Waals surface area contributed by atoms with Gasteiger partial charge in [0.1, 0.15) is 5.75 Å². The summed E-state index contributed by atoms with van der Waals surface area (Å²) < 4.78 is 5.19. The first-order valence-corrected chi connectivity index (χ1v) is 4.66. The Morgan fingerprint density at radius 1 is 1.50 bits per heavy atom. The third-order valence-electron chi connectivity index (χ3n) is 1.89. The predicted octanol–water partition coefficient (Wildman–Crippen LogP) is 1.17. The van der Waals surface area contributed by atoms with Gasteiger partial charge < -0.3 is 9.84 Å². The summed E-state index contributed by atoms with van der Waals surface area (Å²) in [5.74, 6) is 0.286. The van der Waals surface area contributed by atoms with Gasteiger partial charge in [-0.05, 0) is 6.07 Å². The minimum absolute atomic E-state index is 0.0105. The lowest BCUT2D eigenvalue weighted by Crippen LogP contribution is -2.02. The highest BCUT2D eigenvalue weighted by atomic mass is 16.6. The van der Waals surface area contributed by atoms with Crippen molar-refractivity contribution in [2.75, 3.05) is 13.2 Å². The Balaban J connectivity index is 2.84. The zero-order valence-electron chi connectivity index (χ0n) is 8.46. The number of non-ortho nitro benzene ring substituents is 1. The second-order valence-corrected chi connectivity index (χ2v) is 3.02. The number of aliphatic hydroxyl groups excluding tert-OH is 1. The summed E-state index contributed by atoms with van der Waals surface area (Å²) in [5, 5.41) is 19.0. The standard InChI is InChI=1S/C10H11NO5/c12-4-1-5-16-10-3-2-9(11(14)15)6-8(10)7-13/h2-3,6-7,12H,1,4-5H2. The minimum Gasteiger partial charge on any atom is -0.493 e. The predicted molar refractivity (Wildman–Crippen MR) is 55.7 cm³/mol. The number of aldehydes is 1. The molecule has 0 bridgehead atoms. The lowest BCUT2D eigenvalue weighted by atomic mass is 10.2. The smallest absolute Gasteiger partial charge is 0.270 e. The summed E-state index contributed by atoms with van der Waals surface area (Å²) >= 11 is 0. The maximum absolute atomic E-state index is 10.7. The van der Waals surface area contributed by atoms with Crippen LogP contribution in [0.4, 0.5) is 5.69 Å². The van der Waals surface area contributed by atoms with Crippen LogP contribution in [0, 0.1) is 10.1 Å². The molecule has 1 N–H and O–H groups in total. The molecule has 0 aromatic heterocycles. The van der Waals surface area contributed by atoms with Gasteiger partial charge in [0, 0.05) is 25.2 Å². The van der Waals surface area contributed by atoms with Gasteiger partial charge in [0.25, 0.3) is 5.69 Å². The molecule has 1 aromatic carbocycles. The van der Waals surface area contributed by atoms with E-state index in [2.05, 4.69) is 0 Å². The fourth-order valence-corrected chi connectivity index (χ4v) is 1.12. The largest absolute Gasteiger partial charge is 0.493 e. The average molecular weight is 225 g/mol. The molecule has 0 atom stereocenters. The van der Waals surface area contributed by atoms with E-state index in [1.807, 2.05) is 0 Å². The van der Waals surface area contributed by atoms with Crippen molar-refractivity contribution in [2.45, 2.75) is 6.42 Å². The zero-order valence-corrected chi connectivity index (χ0v) is 8.46. The van der Waals surface area contributed by atoms with Crippen molar-refractivity contribution in [2.24, 2.45) is 0 Å². The van der Waals surface area contributed by atoms with Crippen molar-refractivity contribution in [3.63, 3.8) is 0 Å². The van der Waals surface area contributed by atoms with Gasteiger partial charge in [-0.1, -0.05) is 0 Å². The number of hydrogen-bond donors (Lipinski definition) is 1. The number of rotatable bonds is 6. The molecular formula is C10H11NO5. The Morgan fingerprint density at radius 3 is 2.81 bits per heavy atom. The highest BCUT2D eigenvalue weighted by molar-refractivity contribution is 5.80. The molecule has 6 heteroatoms. The monoisotopic (exact) mass is 225 g/mol. The number of ether oxygens (including phenoxy) is 1. The van der Waals surface area contributed by atoms with Crippen LogP contribution in [0.25, 0.3) is 0 Å². The fourth-order valence-electron chi connectivity index (χ4n) is 1.12. The quantitative estimate of drug-likeness (QED) is 0.339. The van der Waals surface area contributed by atoms with Crippen LogP contribution in [0.2, 0.25) is 0 Å². The van der Waals surface area contributed by atoms with E-state index in [-0.39, 0.29) is 30.2 Å². The van der Waals surface area contributed by atoms with Crippen molar-refractivity contribution in [3.8, 4) is 5.75 Å². The molecule has 0 fully saturated rings. The van der Waals surface area contributed by atoms with Crippen LogP contribution in [0.1, 0.15) is 16.8 Å². The highest BCUT2D eigenvalue weighted by Crippen LogP contribution is 2.22. The molecule has 0 saturated carbocycles. The molecule has 16 heavy (non-hydrogen) atoms. The van der Waals surface area contributed by atoms with Gasteiger partial charge in [-0.15, -0.1) is 0 Å². The normalized spacial score (nSPS) is 9.81. The van der Waals surface area contributed by atoms with Crippen LogP contribution in [0.5, 0.6) is 5.75 Å². The number of carbonyl (C=O) groups excluding carboxylic acids is 1. The van der Waals surface area contributed by atoms with Crippen LogP contribution in [-0.2, 0) is 0 Å². The molecular weight excluding hydrogens is 214 g/mol. The molecule has 6 nitrogen and oxygen atoms in total. The Labute approximate surface area is 91.6 Å². The van der Waals surface area contributed by atoms with E-state index in [0.29, 0.717) is 12.7 Å². The second kappa shape index (κ2) is 5.82. The fraction of sp³-hybridized carbons (Fsp3) is 0.300. The number of hydrogen-bond acceptors (Lipinski definition) is 5. The molecule has 0 aliphatic heterocycles. The lowest BCUT2D eigenvalue weighted by molar-refractivity contribution is -0.384. The SMILES string of the molecule is O=Cc1cc([N+](=O)[O-])ccc1OCCCO. The molecule has 1 rings (SSSR count). The van der Waals surface area contributed by atoms with E-state index >= 15 is 0 Å². The van der Waals surface area contributed by atoms with Crippen LogP contribution in [0.3, 0.4) is 0 Å². The zero-order chi connectivity index (χ0) is 12.0. The van der Waals surface area contributed by atoms with Gasteiger partial charge in [0.05, 0.1) is 17.1 Å². The molecule has 0 amide bonds. The first-order chi connectivity index (χ1) is 7.69. The second-order valence-electron chi connectivity index (χ2n) is 3.02. The average Bonchev–Trinajstić information content (AvgIpc) is 2.29. The number of benzene rings is 1. The first kappa shape index (κ1) is 12.1. The Bertz CT molecular complexity index is 391. The van der Waals surface area contributed by atoms with Gasteiger partial charge in [-0.25, -0.2) is 0 Å². The summed E-state index contributed by atoms with van der Waals surface area (Å²) in [6.45, 7) is 0.249. The third kappa shape index (κ3) is 3.03. The molecule has 0 radical (unpaired) electrons. The third-order valence-corrected chi connectivity index (χ3v) is 1.89. The van der Waals surface area contributed by atoms with Gasteiger partial charge in [0.15, 0.2) is 6.29 Å². The van der Waals surface area contributed by atoms with E-state index in [1.54, 1.807) is 0 Å². The van der Waals surface area contributed by atoms with E-state index in [1.165, 1.54) is 12.1 Å². The number of nitro benzene ring substituents is 1. The van der Waals surface area contributed by atoms with Crippen LogP contribution in [0.15, 0.2) is 18.2 Å². The van der Waals surface area contributed by atoms with Gasteiger partial charge >= 0.3 is 0 Å². The number of carbonyl (C=O) groups is 1. The van der Waals surface area contributed by atoms with E-state index in [9.17, 15) is 14.9 Å². The molecule has 0 aliphatic carbocycles. The first-order valence-electron chi connectivity index (χ1n) is 4.66. The number of aliphatic hydroxyl groups is 1. The van der Waals surface area contributed by atoms with E-state index < -0.39 is 4.92 Å². The summed E-state index contributed by atoms with van der Waals surface area (Å²) in [4.78, 5) is 20.6. The van der Waals surface area contributed by atoms with Crippen molar-refractivity contribution in [1.82, 2.24) is 0 Å². The van der Waals surface area contributed by atoms with E-state index in [0.717, 1.165) is 6.07 Å². The van der Waals surface area contributed by atoms with Crippen molar-refractivity contribution < 1.29 is 19.6 Å². The highest BCUT2D eigenvalue weighted by Gasteiger charge is 2.10. The molecule has 0 saturated heterocycles. The van der Waals surface area contributed by atoms with Crippen LogP contribution in [-0.4, -0.2) is 29.5 Å². The Morgan fingerprint density at radius 2 is 2.25 bits per heavy atom. The van der Waals surface area contributed by atoms with Crippen molar-refractivity contribution in [3.05, 3.63) is 33.9 Å². The van der Waals surface area contributed by atoms with Gasteiger partial charge in [-0.2, -0.15) is 0 Å². The maximum atomic E-state index is 10.7. The number of nitrogens with zero attached hydrogens (tertiary/aromatic N) is 1. The Hall–Kier alpha value is -1.95. The maximum Gasteiger partial charge on any atom is 0.270 e. The molecule has 0 unspecified atom stereocenters. The van der Waals surface area contributed by atoms with Crippen LogP contribution < -0.4 is 4.74 Å². The van der Waals surface area contributed by atoms with Crippen LogP contribution >= 0.6 is 0 Å². The summed E-state index contributed by atoms with van der Waals surface area (Å²) in [5.41, 5.74) is -0.0243. The molecule has 0 aliphatic rings. The minimum atomic E-state index is -0.579.